The first-order valence-electron chi connectivity index (χ1n) is 11.3. The van der Waals surface area contributed by atoms with Crippen molar-refractivity contribution in [3.8, 4) is 0 Å². The lowest BCUT2D eigenvalue weighted by Gasteiger charge is -2.28. The first kappa shape index (κ1) is 29.1. The summed E-state index contributed by atoms with van der Waals surface area (Å²) in [5.41, 5.74) is 0.716. The first-order chi connectivity index (χ1) is 17.0. The Morgan fingerprint density at radius 2 is 1.58 bits per heavy atom. The summed E-state index contributed by atoms with van der Waals surface area (Å²) in [5.74, 6) is -1.99. The Bertz CT molecular complexity index is 1040. The molecular weight excluding hydrogens is 579 g/mol. The SMILES string of the molecule is COC(=O)CN(Cc1ccc(I)cc1)C(=O)C(CC(=O)OCc1ccccc1)NC(=O)OC(C)(C)C. The first-order valence-corrected chi connectivity index (χ1v) is 12.3. The second-order valence-electron chi connectivity index (χ2n) is 8.95. The maximum absolute atomic E-state index is 13.5. The fourth-order valence-corrected chi connectivity index (χ4v) is 3.44. The number of nitrogens with zero attached hydrogens (tertiary/aromatic N) is 1. The number of esters is 2. The minimum Gasteiger partial charge on any atom is -0.468 e. The van der Waals surface area contributed by atoms with Crippen molar-refractivity contribution in [3.63, 3.8) is 0 Å². The Morgan fingerprint density at radius 1 is 0.944 bits per heavy atom. The van der Waals surface area contributed by atoms with E-state index in [0.717, 1.165) is 14.7 Å². The molecule has 0 saturated heterocycles. The maximum atomic E-state index is 13.5. The molecule has 2 aromatic rings. The van der Waals surface area contributed by atoms with E-state index in [1.807, 2.05) is 42.5 Å². The van der Waals surface area contributed by atoms with E-state index >= 15 is 0 Å². The lowest BCUT2D eigenvalue weighted by atomic mass is 10.1. The number of carbonyl (C=O) groups excluding carboxylic acids is 4. The molecular formula is C26H31IN2O7. The van der Waals surface area contributed by atoms with Crippen LogP contribution in [0.2, 0.25) is 0 Å². The Morgan fingerprint density at radius 3 is 2.17 bits per heavy atom. The maximum Gasteiger partial charge on any atom is 0.408 e. The van der Waals surface area contributed by atoms with E-state index in [4.69, 9.17) is 14.2 Å². The van der Waals surface area contributed by atoms with Crippen molar-refractivity contribution in [2.45, 2.75) is 52.0 Å². The summed E-state index contributed by atoms with van der Waals surface area (Å²) in [6, 6.07) is 15.1. The largest absolute Gasteiger partial charge is 0.468 e. The number of carbonyl (C=O) groups is 4. The van der Waals surface area contributed by atoms with Gasteiger partial charge >= 0.3 is 18.0 Å². The third-order valence-electron chi connectivity index (χ3n) is 4.75. The van der Waals surface area contributed by atoms with E-state index in [1.165, 1.54) is 12.0 Å². The molecule has 0 aromatic heterocycles. The van der Waals surface area contributed by atoms with E-state index in [2.05, 4.69) is 27.9 Å². The van der Waals surface area contributed by atoms with Crippen molar-refractivity contribution in [2.75, 3.05) is 13.7 Å². The number of alkyl carbamates (subject to hydrolysis) is 1. The molecule has 10 heteroatoms. The highest BCUT2D eigenvalue weighted by atomic mass is 127. The fraction of sp³-hybridized carbons (Fsp3) is 0.385. The van der Waals surface area contributed by atoms with Gasteiger partial charge in [0.1, 0.15) is 24.8 Å². The molecule has 0 saturated carbocycles. The third kappa shape index (κ3) is 10.6. The van der Waals surface area contributed by atoms with Crippen molar-refractivity contribution < 1.29 is 33.4 Å². The van der Waals surface area contributed by atoms with Crippen LogP contribution in [0.1, 0.15) is 38.3 Å². The van der Waals surface area contributed by atoms with Gasteiger partial charge < -0.3 is 24.4 Å². The van der Waals surface area contributed by atoms with Gasteiger partial charge in [0.25, 0.3) is 0 Å². The van der Waals surface area contributed by atoms with Crippen molar-refractivity contribution in [2.24, 2.45) is 0 Å². The van der Waals surface area contributed by atoms with Crippen LogP contribution in [-0.4, -0.2) is 54.1 Å². The highest BCUT2D eigenvalue weighted by molar-refractivity contribution is 14.1. The lowest BCUT2D eigenvalue weighted by Crippen LogP contribution is -2.51. The van der Waals surface area contributed by atoms with Crippen molar-refractivity contribution in [1.29, 1.82) is 0 Å². The van der Waals surface area contributed by atoms with Crippen molar-refractivity contribution in [3.05, 3.63) is 69.3 Å². The van der Waals surface area contributed by atoms with Crippen LogP contribution in [0.4, 0.5) is 4.79 Å². The van der Waals surface area contributed by atoms with Crippen LogP contribution < -0.4 is 5.32 Å². The number of hydrogen-bond acceptors (Lipinski definition) is 7. The standard InChI is InChI=1S/C26H31IN2O7/c1-26(2,3)36-25(33)28-21(14-22(30)35-17-19-8-6-5-7-9-19)24(32)29(16-23(31)34-4)15-18-10-12-20(27)13-11-18/h5-13,21H,14-17H2,1-4H3,(H,28,33). The van der Waals surface area contributed by atoms with Crippen LogP contribution in [0.3, 0.4) is 0 Å². The molecule has 0 aliphatic rings. The van der Waals surface area contributed by atoms with Gasteiger partial charge in [-0.05, 0) is 66.6 Å². The molecule has 1 unspecified atom stereocenters. The van der Waals surface area contributed by atoms with Crippen LogP contribution in [0.15, 0.2) is 54.6 Å². The zero-order valence-electron chi connectivity index (χ0n) is 20.8. The van der Waals surface area contributed by atoms with E-state index < -0.39 is 42.0 Å². The summed E-state index contributed by atoms with van der Waals surface area (Å²) in [7, 11) is 1.22. The molecule has 0 spiro atoms. The summed E-state index contributed by atoms with van der Waals surface area (Å²) in [4.78, 5) is 51.9. The Kier molecular flexibility index (Phi) is 11.2. The van der Waals surface area contributed by atoms with Gasteiger partial charge in [0.05, 0.1) is 13.5 Å². The minimum atomic E-state index is -1.32. The Labute approximate surface area is 224 Å². The number of ether oxygens (including phenoxy) is 3. The molecule has 2 rings (SSSR count). The molecule has 1 N–H and O–H groups in total. The third-order valence-corrected chi connectivity index (χ3v) is 5.47. The number of benzene rings is 2. The van der Waals surface area contributed by atoms with Gasteiger partial charge in [-0.3, -0.25) is 14.4 Å². The van der Waals surface area contributed by atoms with Crippen LogP contribution in [0.25, 0.3) is 0 Å². The molecule has 0 heterocycles. The molecule has 2 amide bonds. The number of amides is 2. The van der Waals surface area contributed by atoms with Gasteiger partial charge in [-0.1, -0.05) is 42.5 Å². The summed E-state index contributed by atoms with van der Waals surface area (Å²) < 4.78 is 16.3. The van der Waals surface area contributed by atoms with Crippen molar-refractivity contribution in [1.82, 2.24) is 10.2 Å². The monoisotopic (exact) mass is 610 g/mol. The number of halogens is 1. The highest BCUT2D eigenvalue weighted by Crippen LogP contribution is 2.14. The second kappa shape index (κ2) is 13.8. The normalized spacial score (nSPS) is 11.7. The molecule has 36 heavy (non-hydrogen) atoms. The van der Waals surface area contributed by atoms with Crippen LogP contribution >= 0.6 is 22.6 Å². The van der Waals surface area contributed by atoms with E-state index in [9.17, 15) is 19.2 Å². The lowest BCUT2D eigenvalue weighted by molar-refractivity contribution is -0.151. The minimum absolute atomic E-state index is 0.0154. The van der Waals surface area contributed by atoms with Crippen molar-refractivity contribution >= 4 is 46.5 Å². The number of nitrogens with one attached hydrogen (secondary N) is 1. The van der Waals surface area contributed by atoms with Crippen LogP contribution in [0, 0.1) is 3.57 Å². The molecule has 2 aromatic carbocycles. The Balaban J connectivity index is 2.22. The van der Waals surface area contributed by atoms with Gasteiger partial charge in [0, 0.05) is 10.1 Å². The molecule has 9 nitrogen and oxygen atoms in total. The molecule has 194 valence electrons. The molecule has 0 fully saturated rings. The van der Waals surface area contributed by atoms with Gasteiger partial charge in [0.15, 0.2) is 0 Å². The highest BCUT2D eigenvalue weighted by Gasteiger charge is 2.32. The summed E-state index contributed by atoms with van der Waals surface area (Å²) in [5, 5.41) is 2.46. The topological polar surface area (TPSA) is 111 Å². The number of rotatable bonds is 10. The predicted molar refractivity (Wildman–Crippen MR) is 141 cm³/mol. The van der Waals surface area contributed by atoms with Gasteiger partial charge in [-0.2, -0.15) is 0 Å². The molecule has 0 radical (unpaired) electrons. The molecule has 1 atom stereocenters. The molecule has 0 aliphatic heterocycles. The summed E-state index contributed by atoms with van der Waals surface area (Å²) in [6.45, 7) is 4.75. The van der Waals surface area contributed by atoms with E-state index in [1.54, 1.807) is 32.9 Å². The smallest absolute Gasteiger partial charge is 0.408 e. The van der Waals surface area contributed by atoms with Gasteiger partial charge in [-0.15, -0.1) is 0 Å². The zero-order valence-corrected chi connectivity index (χ0v) is 22.9. The second-order valence-corrected chi connectivity index (χ2v) is 10.2. The molecule has 0 bridgehead atoms. The fourth-order valence-electron chi connectivity index (χ4n) is 3.08. The number of hydrogen-bond donors (Lipinski definition) is 1. The van der Waals surface area contributed by atoms with E-state index in [-0.39, 0.29) is 19.7 Å². The van der Waals surface area contributed by atoms with Crippen LogP contribution in [0.5, 0.6) is 0 Å². The molecule has 0 aliphatic carbocycles. The average molecular weight is 610 g/mol. The predicted octanol–water partition coefficient (Wildman–Crippen LogP) is 3.82. The number of methoxy groups -OCH3 is 1. The Hall–Kier alpha value is -3.15. The summed E-state index contributed by atoms with van der Waals surface area (Å²) >= 11 is 2.16. The van der Waals surface area contributed by atoms with Gasteiger partial charge in [-0.25, -0.2) is 4.79 Å². The van der Waals surface area contributed by atoms with Gasteiger partial charge in [0.2, 0.25) is 5.91 Å². The van der Waals surface area contributed by atoms with Crippen LogP contribution in [-0.2, 0) is 41.7 Å². The average Bonchev–Trinajstić information content (AvgIpc) is 2.82. The zero-order chi connectivity index (χ0) is 26.7. The summed E-state index contributed by atoms with van der Waals surface area (Å²) in [6.07, 6.45) is -1.32. The van der Waals surface area contributed by atoms with E-state index in [0.29, 0.717) is 0 Å². The quantitative estimate of drug-likeness (QED) is 0.248.